The van der Waals surface area contributed by atoms with Gasteiger partial charge in [0, 0.05) is 12.7 Å². The van der Waals surface area contributed by atoms with Gasteiger partial charge in [0.05, 0.1) is 6.61 Å². The topological polar surface area (TPSA) is 122 Å². The molecule has 0 bridgehead atoms. The molecule has 0 radical (unpaired) electrons. The molecule has 1 aromatic carbocycles. The van der Waals surface area contributed by atoms with Crippen LogP contribution in [0.15, 0.2) is 36.0 Å². The molecule has 0 fully saturated rings. The summed E-state index contributed by atoms with van der Waals surface area (Å²) in [6.45, 7) is 4.06. The average Bonchev–Trinajstić information content (AvgIpc) is 2.58. The molecule has 0 spiro atoms. The van der Waals surface area contributed by atoms with Crippen LogP contribution in [0.4, 0.5) is 0 Å². The van der Waals surface area contributed by atoms with Crippen LogP contribution in [0.25, 0.3) is 0 Å². The number of aliphatic carboxylic acids is 1. The second-order valence-corrected chi connectivity index (χ2v) is 6.02. The number of amides is 1. The van der Waals surface area contributed by atoms with E-state index in [1.54, 1.807) is 18.2 Å². The molecule has 0 aliphatic heterocycles. The van der Waals surface area contributed by atoms with E-state index in [-0.39, 0.29) is 24.5 Å². The number of aliphatic hydroxyl groups is 1. The minimum atomic E-state index is -1.13. The maximum Gasteiger partial charge on any atom is 0.326 e. The van der Waals surface area contributed by atoms with Crippen molar-refractivity contribution < 1.29 is 19.8 Å². The third kappa shape index (κ3) is 7.06. The average molecular weight is 345 g/mol. The van der Waals surface area contributed by atoms with Gasteiger partial charge in [0.25, 0.3) is 5.91 Å². The van der Waals surface area contributed by atoms with Crippen LogP contribution in [0.2, 0.25) is 0 Å². The molecule has 134 valence electrons. The van der Waals surface area contributed by atoms with Gasteiger partial charge in [0.1, 0.15) is 17.7 Å². The van der Waals surface area contributed by atoms with E-state index in [4.69, 9.17) is 15.5 Å². The standard InChI is InChI=1S/C18H23N3O4/c1-12(2)7-16(18(24)25)21-17(23)15(8-19)10-20-9-13-3-5-14(11-22)6-4-13/h3-6,10,12,16,20,22H,7,9,11H2,1-2H3,(H,21,23)(H,24,25)/b15-10-. The molecule has 1 rings (SSSR count). The number of hydrogen-bond donors (Lipinski definition) is 4. The molecule has 0 heterocycles. The molecule has 1 aromatic rings. The third-order valence-electron chi connectivity index (χ3n) is 3.43. The molecule has 25 heavy (non-hydrogen) atoms. The lowest BCUT2D eigenvalue weighted by Gasteiger charge is -2.16. The van der Waals surface area contributed by atoms with Crippen LogP contribution in [0.5, 0.6) is 0 Å². The van der Waals surface area contributed by atoms with E-state index in [1.165, 1.54) is 6.20 Å². The van der Waals surface area contributed by atoms with Gasteiger partial charge >= 0.3 is 5.97 Å². The van der Waals surface area contributed by atoms with Crippen LogP contribution in [-0.2, 0) is 22.7 Å². The van der Waals surface area contributed by atoms with Gasteiger partial charge in [0.2, 0.25) is 0 Å². The predicted molar refractivity (Wildman–Crippen MR) is 91.9 cm³/mol. The number of nitriles is 1. The second-order valence-electron chi connectivity index (χ2n) is 6.02. The molecule has 7 nitrogen and oxygen atoms in total. The molecule has 7 heteroatoms. The Labute approximate surface area is 147 Å². The van der Waals surface area contributed by atoms with Crippen molar-refractivity contribution in [3.63, 3.8) is 0 Å². The normalized spacial score (nSPS) is 12.4. The highest BCUT2D eigenvalue weighted by molar-refractivity contribution is 5.99. The van der Waals surface area contributed by atoms with E-state index in [2.05, 4.69) is 10.6 Å². The Balaban J connectivity index is 2.66. The first-order valence-electron chi connectivity index (χ1n) is 7.93. The summed E-state index contributed by atoms with van der Waals surface area (Å²) in [7, 11) is 0. The molecule has 0 saturated carbocycles. The van der Waals surface area contributed by atoms with Crippen molar-refractivity contribution in [2.24, 2.45) is 5.92 Å². The summed E-state index contributed by atoms with van der Waals surface area (Å²) in [4.78, 5) is 23.2. The Hall–Kier alpha value is -2.85. The summed E-state index contributed by atoms with van der Waals surface area (Å²) in [5.41, 5.74) is 1.51. The van der Waals surface area contributed by atoms with Gasteiger partial charge in [-0.1, -0.05) is 38.1 Å². The summed E-state index contributed by atoms with van der Waals surface area (Å²) < 4.78 is 0. The van der Waals surface area contributed by atoms with Crippen molar-refractivity contribution in [2.75, 3.05) is 0 Å². The van der Waals surface area contributed by atoms with E-state index >= 15 is 0 Å². The molecule has 0 aliphatic rings. The minimum Gasteiger partial charge on any atom is -0.480 e. The van der Waals surface area contributed by atoms with E-state index in [9.17, 15) is 9.59 Å². The van der Waals surface area contributed by atoms with E-state index in [1.807, 2.05) is 26.0 Å². The van der Waals surface area contributed by atoms with Gasteiger partial charge in [-0.3, -0.25) is 4.79 Å². The van der Waals surface area contributed by atoms with Crippen LogP contribution in [0.3, 0.4) is 0 Å². The van der Waals surface area contributed by atoms with Crippen LogP contribution < -0.4 is 10.6 Å². The van der Waals surface area contributed by atoms with Gasteiger partial charge in [-0.2, -0.15) is 5.26 Å². The summed E-state index contributed by atoms with van der Waals surface area (Å²) in [6, 6.07) is 7.93. The smallest absolute Gasteiger partial charge is 0.326 e. The Morgan fingerprint density at radius 1 is 1.24 bits per heavy atom. The number of carboxylic acids is 1. The zero-order valence-corrected chi connectivity index (χ0v) is 14.3. The Morgan fingerprint density at radius 3 is 2.32 bits per heavy atom. The lowest BCUT2D eigenvalue weighted by atomic mass is 10.0. The first-order chi connectivity index (χ1) is 11.9. The van der Waals surface area contributed by atoms with Gasteiger partial charge in [-0.05, 0) is 23.5 Å². The number of benzene rings is 1. The molecular formula is C18H23N3O4. The van der Waals surface area contributed by atoms with Crippen LogP contribution >= 0.6 is 0 Å². The number of carbonyl (C=O) groups is 2. The summed E-state index contributed by atoms with van der Waals surface area (Å²) >= 11 is 0. The fraction of sp³-hybridized carbons (Fsp3) is 0.389. The molecule has 1 unspecified atom stereocenters. The van der Waals surface area contributed by atoms with Gasteiger partial charge in [-0.25, -0.2) is 4.79 Å². The first kappa shape index (κ1) is 20.2. The Morgan fingerprint density at radius 2 is 1.84 bits per heavy atom. The lowest BCUT2D eigenvalue weighted by Crippen LogP contribution is -2.42. The second kappa shape index (κ2) is 10.1. The monoisotopic (exact) mass is 345 g/mol. The highest BCUT2D eigenvalue weighted by Crippen LogP contribution is 2.07. The number of carbonyl (C=O) groups excluding carboxylic acids is 1. The number of nitrogens with one attached hydrogen (secondary N) is 2. The van der Waals surface area contributed by atoms with Crippen LogP contribution in [0, 0.1) is 17.2 Å². The molecular weight excluding hydrogens is 322 g/mol. The molecule has 1 atom stereocenters. The molecule has 1 amide bonds. The highest BCUT2D eigenvalue weighted by atomic mass is 16.4. The summed E-state index contributed by atoms with van der Waals surface area (Å²) in [5, 5.41) is 32.5. The number of carboxylic acid groups (broad SMARTS) is 1. The fourth-order valence-electron chi connectivity index (χ4n) is 2.11. The maximum atomic E-state index is 12.1. The number of rotatable bonds is 9. The zero-order valence-electron chi connectivity index (χ0n) is 14.3. The predicted octanol–water partition coefficient (Wildman–Crippen LogP) is 1.29. The highest BCUT2D eigenvalue weighted by Gasteiger charge is 2.22. The van der Waals surface area contributed by atoms with Crippen LogP contribution in [-0.4, -0.2) is 28.1 Å². The molecule has 0 aromatic heterocycles. The van der Waals surface area contributed by atoms with Gasteiger partial charge in [-0.15, -0.1) is 0 Å². The van der Waals surface area contributed by atoms with E-state index in [0.717, 1.165) is 11.1 Å². The van der Waals surface area contributed by atoms with Crippen molar-refractivity contribution in [3.05, 3.63) is 47.2 Å². The van der Waals surface area contributed by atoms with Crippen molar-refractivity contribution in [3.8, 4) is 6.07 Å². The van der Waals surface area contributed by atoms with E-state index < -0.39 is 17.9 Å². The van der Waals surface area contributed by atoms with E-state index in [0.29, 0.717) is 6.54 Å². The quantitative estimate of drug-likeness (QED) is 0.395. The Bertz CT molecular complexity index is 660. The molecule has 0 saturated heterocycles. The largest absolute Gasteiger partial charge is 0.480 e. The van der Waals surface area contributed by atoms with Crippen molar-refractivity contribution in [1.29, 1.82) is 5.26 Å². The lowest BCUT2D eigenvalue weighted by molar-refractivity contribution is -0.141. The first-order valence-corrected chi connectivity index (χ1v) is 7.93. The minimum absolute atomic E-state index is 0.0342. The number of nitrogens with zero attached hydrogens (tertiary/aromatic N) is 1. The number of hydrogen-bond acceptors (Lipinski definition) is 5. The molecule has 0 aliphatic carbocycles. The SMILES string of the molecule is CC(C)CC(NC(=O)/C(C#N)=C\NCc1ccc(CO)cc1)C(=O)O. The Kier molecular flexibility index (Phi) is 8.16. The zero-order chi connectivity index (χ0) is 18.8. The number of aliphatic hydroxyl groups excluding tert-OH is 1. The molecule has 4 N–H and O–H groups in total. The van der Waals surface area contributed by atoms with Gasteiger partial charge in [0.15, 0.2) is 0 Å². The third-order valence-corrected chi connectivity index (χ3v) is 3.43. The van der Waals surface area contributed by atoms with Gasteiger partial charge < -0.3 is 20.8 Å². The van der Waals surface area contributed by atoms with Crippen molar-refractivity contribution >= 4 is 11.9 Å². The maximum absolute atomic E-state index is 12.1. The van der Waals surface area contributed by atoms with Crippen LogP contribution in [0.1, 0.15) is 31.4 Å². The summed E-state index contributed by atoms with van der Waals surface area (Å²) in [6.07, 6.45) is 1.55. The van der Waals surface area contributed by atoms with Crippen molar-refractivity contribution in [2.45, 2.75) is 39.5 Å². The fourth-order valence-corrected chi connectivity index (χ4v) is 2.11. The van der Waals surface area contributed by atoms with Crippen molar-refractivity contribution in [1.82, 2.24) is 10.6 Å². The summed E-state index contributed by atoms with van der Waals surface area (Å²) in [5.74, 6) is -1.76.